The van der Waals surface area contributed by atoms with Crippen LogP contribution in [0, 0.1) is 5.92 Å². The first-order chi connectivity index (χ1) is 10.0. The largest absolute Gasteiger partial charge is 0.350 e. The number of carbonyl (C=O) groups is 1. The minimum Gasteiger partial charge on any atom is -0.350 e. The molecule has 0 bridgehead atoms. The summed E-state index contributed by atoms with van der Waals surface area (Å²) in [4.78, 5) is 11.9. The molecule has 124 valence electrons. The molecule has 6 heteroatoms. The molecule has 0 saturated heterocycles. The number of alkyl halides is 2. The Balaban J connectivity index is 0.00000242. The fraction of sp³-hybridized carbons (Fsp3) is 0.562. The van der Waals surface area contributed by atoms with Crippen LogP contribution >= 0.6 is 12.4 Å². The highest BCUT2D eigenvalue weighted by Gasteiger charge is 2.31. The normalized spacial score (nSPS) is 21.8. The van der Waals surface area contributed by atoms with Crippen molar-refractivity contribution in [2.24, 2.45) is 11.7 Å². The fourth-order valence-electron chi connectivity index (χ4n) is 2.85. The van der Waals surface area contributed by atoms with Crippen LogP contribution in [0.1, 0.15) is 37.2 Å². The van der Waals surface area contributed by atoms with E-state index in [1.54, 1.807) is 0 Å². The van der Waals surface area contributed by atoms with Gasteiger partial charge in [0.1, 0.15) is 0 Å². The average molecular weight is 333 g/mol. The molecule has 1 saturated carbocycles. The van der Waals surface area contributed by atoms with E-state index in [2.05, 4.69) is 17.4 Å². The van der Waals surface area contributed by atoms with Crippen LogP contribution in [-0.2, 0) is 4.79 Å². The monoisotopic (exact) mass is 332 g/mol. The van der Waals surface area contributed by atoms with Crippen molar-refractivity contribution in [2.45, 2.75) is 37.5 Å². The molecular formula is C16H23ClF2N2O. The minimum absolute atomic E-state index is 0. The molecule has 0 aromatic heterocycles. The fourth-order valence-corrected chi connectivity index (χ4v) is 2.85. The lowest BCUT2D eigenvalue weighted by Crippen LogP contribution is -2.44. The summed E-state index contributed by atoms with van der Waals surface area (Å²) in [5, 5.41) is 2.33. The molecule has 1 fully saturated rings. The second-order valence-corrected chi connectivity index (χ2v) is 5.74. The topological polar surface area (TPSA) is 55.1 Å². The van der Waals surface area contributed by atoms with Gasteiger partial charge in [-0.15, -0.1) is 12.4 Å². The zero-order valence-electron chi connectivity index (χ0n) is 12.4. The zero-order chi connectivity index (χ0) is 15.3. The van der Waals surface area contributed by atoms with Crippen LogP contribution in [0.25, 0.3) is 0 Å². The second kappa shape index (κ2) is 8.44. The minimum atomic E-state index is -3.02. The molecule has 1 aromatic carbocycles. The van der Waals surface area contributed by atoms with Crippen molar-refractivity contribution >= 4 is 18.3 Å². The molecule has 1 aromatic rings. The molecule has 0 heterocycles. The summed E-state index contributed by atoms with van der Waals surface area (Å²) < 4.78 is 26.0. The Bertz CT molecular complexity index is 462. The molecule has 1 aliphatic rings. The molecule has 3 N–H and O–H groups in total. The first-order valence-corrected chi connectivity index (χ1v) is 7.42. The van der Waals surface area contributed by atoms with Crippen molar-refractivity contribution in [1.29, 1.82) is 0 Å². The van der Waals surface area contributed by atoms with Gasteiger partial charge >= 0.3 is 0 Å². The van der Waals surface area contributed by atoms with Gasteiger partial charge in [0.05, 0.1) is 13.1 Å². The van der Waals surface area contributed by atoms with Crippen molar-refractivity contribution in [2.75, 3.05) is 13.1 Å². The van der Waals surface area contributed by atoms with Gasteiger partial charge < -0.3 is 11.1 Å². The third-order valence-corrected chi connectivity index (χ3v) is 4.19. The van der Waals surface area contributed by atoms with Gasteiger partial charge in [-0.1, -0.05) is 30.3 Å². The number of nitrogens with two attached hydrogens (primary N) is 1. The Hall–Kier alpha value is -1.20. The van der Waals surface area contributed by atoms with Crippen molar-refractivity contribution in [1.82, 2.24) is 5.32 Å². The lowest BCUT2D eigenvalue weighted by atomic mass is 9.78. The van der Waals surface area contributed by atoms with Gasteiger partial charge in [0.2, 0.25) is 5.91 Å². The zero-order valence-corrected chi connectivity index (χ0v) is 13.3. The van der Waals surface area contributed by atoms with Crippen molar-refractivity contribution in [3.63, 3.8) is 0 Å². The summed E-state index contributed by atoms with van der Waals surface area (Å²) in [5.41, 5.74) is 6.25. The summed E-state index contributed by atoms with van der Waals surface area (Å²) >= 11 is 0. The Morgan fingerprint density at radius 3 is 2.32 bits per heavy atom. The van der Waals surface area contributed by atoms with Crippen LogP contribution in [0.5, 0.6) is 0 Å². The van der Waals surface area contributed by atoms with Gasteiger partial charge in [-0.25, -0.2) is 8.78 Å². The average Bonchev–Trinajstić information content (AvgIpc) is 2.54. The number of hydrogen-bond donors (Lipinski definition) is 2. The molecule has 1 aliphatic carbocycles. The summed E-state index contributed by atoms with van der Waals surface area (Å²) in [6.45, 7) is -1.41. The van der Waals surface area contributed by atoms with Crippen LogP contribution < -0.4 is 11.1 Å². The summed E-state index contributed by atoms with van der Waals surface area (Å²) in [6, 6.07) is 10.2. The third kappa shape index (κ3) is 5.21. The number of halogens is 3. The number of carbonyl (C=O) groups excluding carboxylic acids is 1. The third-order valence-electron chi connectivity index (χ3n) is 4.19. The molecular weight excluding hydrogens is 310 g/mol. The Morgan fingerprint density at radius 1 is 1.18 bits per heavy atom. The number of hydrogen-bond acceptors (Lipinski definition) is 2. The van der Waals surface area contributed by atoms with Crippen LogP contribution in [0.15, 0.2) is 30.3 Å². The lowest BCUT2D eigenvalue weighted by molar-refractivity contribution is -0.127. The van der Waals surface area contributed by atoms with Gasteiger partial charge in [0, 0.05) is 5.92 Å². The van der Waals surface area contributed by atoms with Crippen LogP contribution in [-0.4, -0.2) is 24.9 Å². The van der Waals surface area contributed by atoms with Crippen molar-refractivity contribution in [3.05, 3.63) is 35.9 Å². The van der Waals surface area contributed by atoms with E-state index in [-0.39, 0.29) is 24.2 Å². The van der Waals surface area contributed by atoms with Crippen LogP contribution in [0.4, 0.5) is 8.78 Å². The molecule has 1 amide bonds. The number of rotatable bonds is 5. The summed E-state index contributed by atoms with van der Waals surface area (Å²) in [6.07, 6.45) is 3.35. The Kier molecular flexibility index (Phi) is 7.23. The van der Waals surface area contributed by atoms with Gasteiger partial charge in [-0.3, -0.25) is 4.79 Å². The SMILES string of the molecule is Cl.NCC(F)(F)CNC(=O)C1CCC(c2ccccc2)CC1. The van der Waals surface area contributed by atoms with E-state index in [1.807, 2.05) is 18.2 Å². The molecule has 2 rings (SSSR count). The highest BCUT2D eigenvalue weighted by molar-refractivity contribution is 5.85. The molecule has 0 atom stereocenters. The van der Waals surface area contributed by atoms with Gasteiger partial charge in [-0.2, -0.15) is 0 Å². The maximum atomic E-state index is 13.0. The molecule has 22 heavy (non-hydrogen) atoms. The Labute approximate surface area is 136 Å². The van der Waals surface area contributed by atoms with E-state index in [1.165, 1.54) is 5.56 Å². The van der Waals surface area contributed by atoms with Crippen molar-refractivity contribution < 1.29 is 13.6 Å². The number of nitrogens with one attached hydrogen (secondary N) is 1. The van der Waals surface area contributed by atoms with Gasteiger partial charge in [0.15, 0.2) is 0 Å². The Morgan fingerprint density at radius 2 is 1.77 bits per heavy atom. The number of amides is 1. The van der Waals surface area contributed by atoms with E-state index < -0.39 is 19.0 Å². The van der Waals surface area contributed by atoms with E-state index in [0.29, 0.717) is 5.92 Å². The van der Waals surface area contributed by atoms with E-state index in [9.17, 15) is 13.6 Å². The molecule has 0 aliphatic heterocycles. The lowest BCUT2D eigenvalue weighted by Gasteiger charge is -2.28. The van der Waals surface area contributed by atoms with E-state index in [0.717, 1.165) is 25.7 Å². The standard InChI is InChI=1S/C16H22F2N2O.ClH/c17-16(18,10-19)11-20-15(21)14-8-6-13(7-9-14)12-4-2-1-3-5-12;/h1-5,13-14H,6-11,19H2,(H,20,21);1H. The predicted octanol–water partition coefficient (Wildman–Crippen LogP) is 3.09. The maximum absolute atomic E-state index is 13.0. The molecule has 3 nitrogen and oxygen atoms in total. The van der Waals surface area contributed by atoms with Gasteiger partial charge in [-0.05, 0) is 37.2 Å². The molecule has 0 unspecified atom stereocenters. The smallest absolute Gasteiger partial charge is 0.277 e. The molecule has 0 radical (unpaired) electrons. The van der Waals surface area contributed by atoms with Crippen LogP contribution in [0.2, 0.25) is 0 Å². The maximum Gasteiger partial charge on any atom is 0.277 e. The summed E-state index contributed by atoms with van der Waals surface area (Å²) in [7, 11) is 0. The van der Waals surface area contributed by atoms with E-state index in [4.69, 9.17) is 5.73 Å². The van der Waals surface area contributed by atoms with E-state index >= 15 is 0 Å². The van der Waals surface area contributed by atoms with Crippen molar-refractivity contribution in [3.8, 4) is 0 Å². The van der Waals surface area contributed by atoms with Crippen LogP contribution in [0.3, 0.4) is 0 Å². The predicted molar refractivity (Wildman–Crippen MR) is 85.4 cm³/mol. The van der Waals surface area contributed by atoms with Gasteiger partial charge in [0.25, 0.3) is 5.92 Å². The highest BCUT2D eigenvalue weighted by Crippen LogP contribution is 2.35. The first kappa shape index (κ1) is 18.8. The first-order valence-electron chi connectivity index (χ1n) is 7.42. The molecule has 0 spiro atoms. The quantitative estimate of drug-likeness (QED) is 0.870. The second-order valence-electron chi connectivity index (χ2n) is 5.74. The summed E-state index contributed by atoms with van der Waals surface area (Å²) in [5.74, 6) is -2.97. The highest BCUT2D eigenvalue weighted by atomic mass is 35.5. The number of benzene rings is 1.